The van der Waals surface area contributed by atoms with Crippen molar-refractivity contribution in [1.29, 1.82) is 5.26 Å². The van der Waals surface area contributed by atoms with E-state index in [1.807, 2.05) is 30.3 Å². The molecule has 9 heteroatoms. The van der Waals surface area contributed by atoms with Gasteiger partial charge in [-0.2, -0.15) is 5.26 Å². The summed E-state index contributed by atoms with van der Waals surface area (Å²) >= 11 is 1.22. The second-order valence-electron chi connectivity index (χ2n) is 9.55. The topological polar surface area (TPSA) is 99.8 Å². The van der Waals surface area contributed by atoms with Gasteiger partial charge in [-0.15, -0.1) is 0 Å². The van der Waals surface area contributed by atoms with Gasteiger partial charge in [-0.25, -0.2) is 9.83 Å². The monoisotopic (exact) mass is 502 g/mol. The van der Waals surface area contributed by atoms with Crippen LogP contribution in [0, 0.1) is 17.9 Å². The molecular weight excluding hydrogens is 472 g/mol. The number of pyridine rings is 1. The van der Waals surface area contributed by atoms with Crippen LogP contribution in [0.25, 0.3) is 4.85 Å². The van der Waals surface area contributed by atoms with E-state index < -0.39 is 11.2 Å². The standard InChI is InChI=1S/C27H30N6O2S/c1-30-23-22(18-7-8-18)21(17-28)27(36-24(25(29)34)19-5-3-2-4-6-19)31-26(23)33-11-9-20(10-12-33)32-13-15-35-16-14-32/h2-6,18,20,24H,7-16H2,(H2,29,34). The van der Waals surface area contributed by atoms with Gasteiger partial charge in [0.15, 0.2) is 0 Å². The van der Waals surface area contributed by atoms with Gasteiger partial charge in [0.2, 0.25) is 11.6 Å². The molecule has 1 saturated carbocycles. The maximum atomic E-state index is 12.4. The van der Waals surface area contributed by atoms with Crippen molar-refractivity contribution in [3.63, 3.8) is 0 Å². The lowest BCUT2D eigenvalue weighted by Crippen LogP contribution is -2.49. The first-order valence-corrected chi connectivity index (χ1v) is 13.4. The number of piperidine rings is 1. The Morgan fingerprint density at radius 1 is 1.17 bits per heavy atom. The maximum absolute atomic E-state index is 12.4. The molecule has 1 aromatic heterocycles. The molecule has 1 amide bonds. The second-order valence-corrected chi connectivity index (χ2v) is 10.6. The van der Waals surface area contributed by atoms with Crippen molar-refractivity contribution in [2.45, 2.75) is 47.9 Å². The molecule has 1 aromatic carbocycles. The van der Waals surface area contributed by atoms with Crippen molar-refractivity contribution in [3.05, 3.63) is 58.4 Å². The number of rotatable bonds is 7. The van der Waals surface area contributed by atoms with Crippen molar-refractivity contribution in [1.82, 2.24) is 9.88 Å². The summed E-state index contributed by atoms with van der Waals surface area (Å²) in [6.45, 7) is 13.1. The van der Waals surface area contributed by atoms with Crippen molar-refractivity contribution in [2.24, 2.45) is 5.73 Å². The fraction of sp³-hybridized carbons (Fsp3) is 0.481. The average Bonchev–Trinajstić information content (AvgIpc) is 3.77. The Kier molecular flexibility index (Phi) is 7.43. The number of nitrogens with two attached hydrogens (primary N) is 1. The molecule has 3 heterocycles. The first kappa shape index (κ1) is 24.6. The number of hydrogen-bond acceptors (Lipinski definition) is 7. The Hall–Kier alpha value is -3.11. The van der Waals surface area contributed by atoms with Gasteiger partial charge in [-0.05, 0) is 42.7 Å². The van der Waals surface area contributed by atoms with E-state index in [1.165, 1.54) is 11.8 Å². The number of benzene rings is 1. The number of thioether (sulfide) groups is 1. The Bertz CT molecular complexity index is 1190. The van der Waals surface area contributed by atoms with Crippen molar-refractivity contribution < 1.29 is 9.53 Å². The first-order chi connectivity index (χ1) is 17.6. The summed E-state index contributed by atoms with van der Waals surface area (Å²) in [4.78, 5) is 26.0. The van der Waals surface area contributed by atoms with E-state index in [0.717, 1.165) is 76.2 Å². The average molecular weight is 503 g/mol. The SMILES string of the molecule is [C-]#[N+]c1c(N2CCC(N3CCOCC3)CC2)nc(SC(C(N)=O)c2ccccc2)c(C#N)c1C1CC1. The van der Waals surface area contributed by atoms with E-state index in [2.05, 4.69) is 20.7 Å². The van der Waals surface area contributed by atoms with Gasteiger partial charge in [0.05, 0.1) is 25.3 Å². The number of aromatic nitrogens is 1. The van der Waals surface area contributed by atoms with Crippen LogP contribution in [0.4, 0.5) is 11.5 Å². The molecule has 186 valence electrons. The normalized spacial score (nSPS) is 19.9. The van der Waals surface area contributed by atoms with Crippen LogP contribution in [-0.2, 0) is 9.53 Å². The summed E-state index contributed by atoms with van der Waals surface area (Å²) in [7, 11) is 0. The Morgan fingerprint density at radius 3 is 2.44 bits per heavy atom. The van der Waals surface area contributed by atoms with Crippen LogP contribution in [0.5, 0.6) is 0 Å². The molecule has 2 aliphatic heterocycles. The lowest BCUT2D eigenvalue weighted by Gasteiger charge is -2.41. The van der Waals surface area contributed by atoms with Crippen LogP contribution in [-0.4, -0.2) is 61.2 Å². The largest absolute Gasteiger partial charge is 0.379 e. The number of amides is 1. The predicted molar refractivity (Wildman–Crippen MR) is 139 cm³/mol. The highest BCUT2D eigenvalue weighted by molar-refractivity contribution is 8.00. The zero-order valence-corrected chi connectivity index (χ0v) is 21.0. The number of nitriles is 1. The summed E-state index contributed by atoms with van der Waals surface area (Å²) in [6, 6.07) is 12.2. The summed E-state index contributed by atoms with van der Waals surface area (Å²) in [5.41, 5.74) is 8.29. The fourth-order valence-electron chi connectivity index (χ4n) is 5.27. The molecule has 1 atom stereocenters. The smallest absolute Gasteiger partial charge is 0.235 e. The maximum Gasteiger partial charge on any atom is 0.235 e. The predicted octanol–water partition coefficient (Wildman–Crippen LogP) is 4.00. The molecule has 1 aliphatic carbocycles. The van der Waals surface area contributed by atoms with E-state index in [9.17, 15) is 10.1 Å². The Labute approximate surface area is 216 Å². The number of carbonyl (C=O) groups is 1. The summed E-state index contributed by atoms with van der Waals surface area (Å²) in [5, 5.41) is 9.97. The van der Waals surface area contributed by atoms with Crippen LogP contribution >= 0.6 is 11.8 Å². The molecule has 0 bridgehead atoms. The van der Waals surface area contributed by atoms with E-state index in [4.69, 9.17) is 22.0 Å². The molecule has 3 fully saturated rings. The molecule has 0 radical (unpaired) electrons. The van der Waals surface area contributed by atoms with Crippen LogP contribution in [0.1, 0.15) is 53.5 Å². The molecule has 2 N–H and O–H groups in total. The highest BCUT2D eigenvalue weighted by Gasteiger charge is 2.36. The molecule has 36 heavy (non-hydrogen) atoms. The summed E-state index contributed by atoms with van der Waals surface area (Å²) in [6.07, 6.45) is 3.91. The number of primary amides is 1. The number of carbonyl (C=O) groups excluding carboxylic acids is 1. The quantitative estimate of drug-likeness (QED) is 0.451. The molecule has 8 nitrogen and oxygen atoms in total. The molecule has 3 aliphatic rings. The highest BCUT2D eigenvalue weighted by atomic mass is 32.2. The van der Waals surface area contributed by atoms with Crippen LogP contribution in [0.2, 0.25) is 0 Å². The third-order valence-electron chi connectivity index (χ3n) is 7.28. The van der Waals surface area contributed by atoms with Crippen molar-refractivity contribution >= 4 is 29.2 Å². The second kappa shape index (κ2) is 10.9. The minimum absolute atomic E-state index is 0.194. The Morgan fingerprint density at radius 2 is 1.86 bits per heavy atom. The Balaban J connectivity index is 1.49. The minimum Gasteiger partial charge on any atom is -0.379 e. The van der Waals surface area contributed by atoms with E-state index in [-0.39, 0.29) is 5.92 Å². The third-order valence-corrected chi connectivity index (χ3v) is 8.54. The lowest BCUT2D eigenvalue weighted by atomic mass is 10.0. The van der Waals surface area contributed by atoms with Crippen molar-refractivity contribution in [3.8, 4) is 6.07 Å². The van der Waals surface area contributed by atoms with Gasteiger partial charge >= 0.3 is 0 Å². The van der Waals surface area contributed by atoms with Gasteiger partial charge < -0.3 is 15.4 Å². The molecule has 0 spiro atoms. The number of morpholine rings is 1. The first-order valence-electron chi connectivity index (χ1n) is 12.5. The lowest BCUT2D eigenvalue weighted by molar-refractivity contribution is -0.117. The van der Waals surface area contributed by atoms with Crippen LogP contribution in [0.3, 0.4) is 0 Å². The van der Waals surface area contributed by atoms with Gasteiger partial charge in [0.25, 0.3) is 0 Å². The number of nitrogens with zero attached hydrogens (tertiary/aromatic N) is 5. The fourth-order valence-corrected chi connectivity index (χ4v) is 6.31. The van der Waals surface area contributed by atoms with Gasteiger partial charge in [0.1, 0.15) is 22.2 Å². The molecule has 1 unspecified atom stereocenters. The van der Waals surface area contributed by atoms with Gasteiger partial charge in [0, 0.05) is 32.2 Å². The van der Waals surface area contributed by atoms with Crippen LogP contribution < -0.4 is 10.6 Å². The molecule has 5 rings (SSSR count). The van der Waals surface area contributed by atoms with Crippen molar-refractivity contribution in [2.75, 3.05) is 44.3 Å². The van der Waals surface area contributed by atoms with Gasteiger partial charge in [-0.3, -0.25) is 9.69 Å². The number of hydrogen-bond donors (Lipinski definition) is 1. The zero-order chi connectivity index (χ0) is 25.1. The molecular formula is C27H30N6O2S. The summed E-state index contributed by atoms with van der Waals surface area (Å²) < 4.78 is 5.51. The number of ether oxygens (including phenoxy) is 1. The summed E-state index contributed by atoms with van der Waals surface area (Å²) in [5.74, 6) is 0.358. The van der Waals surface area contributed by atoms with Crippen LogP contribution in [0.15, 0.2) is 35.4 Å². The zero-order valence-electron chi connectivity index (χ0n) is 20.2. The minimum atomic E-state index is -0.670. The van der Waals surface area contributed by atoms with Gasteiger partial charge in [-0.1, -0.05) is 42.1 Å². The van der Waals surface area contributed by atoms with E-state index in [0.29, 0.717) is 28.1 Å². The number of anilines is 1. The molecule has 2 saturated heterocycles. The third kappa shape index (κ3) is 5.05. The van der Waals surface area contributed by atoms with E-state index >= 15 is 0 Å². The highest BCUT2D eigenvalue weighted by Crippen LogP contribution is 2.51. The van der Waals surface area contributed by atoms with E-state index in [1.54, 1.807) is 0 Å². The molecule has 2 aromatic rings.